The lowest BCUT2D eigenvalue weighted by Gasteiger charge is -2.29. The number of ether oxygens (including phenoxy) is 1. The van der Waals surface area contributed by atoms with Gasteiger partial charge in [-0.3, -0.25) is 14.4 Å². The SMILES string of the molecule is CC(=O)c1c(O)c(C)c(O)c2c1OC1=CC(=O)/C(=C(/C)NCCc3nnc(-c4ccccc4O)o3)C(=O)[C@]12C. The highest BCUT2D eigenvalue weighted by Gasteiger charge is 2.56. The van der Waals surface area contributed by atoms with Gasteiger partial charge in [0.05, 0.1) is 16.7 Å². The largest absolute Gasteiger partial charge is 0.507 e. The number of aromatic hydroxyl groups is 3. The highest BCUT2D eigenvalue weighted by Crippen LogP contribution is 2.57. The van der Waals surface area contributed by atoms with Gasteiger partial charge in [0.2, 0.25) is 5.89 Å². The average Bonchev–Trinajstić information content (AvgIpc) is 3.46. The minimum Gasteiger partial charge on any atom is -0.507 e. The third-order valence-electron chi connectivity index (χ3n) is 7.09. The second-order valence-electron chi connectivity index (χ2n) is 9.58. The van der Waals surface area contributed by atoms with E-state index in [0.29, 0.717) is 5.56 Å². The number of phenols is 3. The lowest BCUT2D eigenvalue weighted by Crippen LogP contribution is -2.41. The number of allylic oxidation sites excluding steroid dienone is 4. The second-order valence-corrected chi connectivity index (χ2v) is 9.58. The van der Waals surface area contributed by atoms with E-state index in [4.69, 9.17) is 9.15 Å². The molecule has 0 fully saturated rings. The summed E-state index contributed by atoms with van der Waals surface area (Å²) in [5.41, 5.74) is -1.15. The van der Waals surface area contributed by atoms with E-state index >= 15 is 0 Å². The first-order valence-corrected chi connectivity index (χ1v) is 12.1. The monoisotopic (exact) mass is 531 g/mol. The molecule has 1 aromatic heterocycles. The van der Waals surface area contributed by atoms with E-state index in [1.807, 2.05) is 0 Å². The van der Waals surface area contributed by atoms with Crippen LogP contribution in [0.25, 0.3) is 11.5 Å². The zero-order chi connectivity index (χ0) is 28.2. The smallest absolute Gasteiger partial charge is 0.251 e. The van der Waals surface area contributed by atoms with Crippen LogP contribution in [0.2, 0.25) is 0 Å². The van der Waals surface area contributed by atoms with Crippen LogP contribution < -0.4 is 10.1 Å². The summed E-state index contributed by atoms with van der Waals surface area (Å²) in [5.74, 6) is -2.30. The second kappa shape index (κ2) is 9.12. The zero-order valence-electron chi connectivity index (χ0n) is 21.6. The molecule has 2 heterocycles. The molecule has 1 aliphatic carbocycles. The molecular formula is C28H25N3O8. The molecule has 5 rings (SSSR count). The Kier molecular flexibility index (Phi) is 6.01. The fourth-order valence-electron chi connectivity index (χ4n) is 4.93. The number of phenolic OH excluding ortho intramolecular Hbond substituents is 3. The number of Topliss-reactive ketones (excluding diaryl/α,β-unsaturated/α-hetero) is 2. The van der Waals surface area contributed by atoms with Crippen LogP contribution in [0, 0.1) is 6.92 Å². The summed E-state index contributed by atoms with van der Waals surface area (Å²) in [4.78, 5) is 39.2. The molecule has 0 saturated carbocycles. The van der Waals surface area contributed by atoms with Crippen LogP contribution in [0.4, 0.5) is 0 Å². The van der Waals surface area contributed by atoms with E-state index in [0.717, 1.165) is 6.08 Å². The van der Waals surface area contributed by atoms with Gasteiger partial charge in [-0.1, -0.05) is 12.1 Å². The van der Waals surface area contributed by atoms with Crippen LogP contribution in [-0.4, -0.2) is 49.4 Å². The van der Waals surface area contributed by atoms with Crippen molar-refractivity contribution in [2.45, 2.75) is 39.5 Å². The van der Waals surface area contributed by atoms with Crippen molar-refractivity contribution < 1.29 is 38.9 Å². The van der Waals surface area contributed by atoms with Crippen LogP contribution in [0.5, 0.6) is 23.0 Å². The van der Waals surface area contributed by atoms with E-state index in [1.54, 1.807) is 25.1 Å². The maximum Gasteiger partial charge on any atom is 0.251 e. The molecule has 1 aliphatic heterocycles. The van der Waals surface area contributed by atoms with Gasteiger partial charge in [-0.25, -0.2) is 0 Å². The Hall–Kier alpha value is -4.93. The normalized spacial score (nSPS) is 19.2. The number of carbonyl (C=O) groups excluding carboxylic acids is 3. The standard InChI is InChI=1S/C28H25N3O8/c1-12-23(35)21(14(3)32)25-22(24(12)36)28(4)18(38-25)11-17(34)20(26(28)37)13(2)29-10-9-19-30-31-27(39-19)15-7-5-6-8-16(15)33/h5-8,11,29,33,35-36H,9-10H2,1-4H3/b20-13+/t28-/m1/s1. The first kappa shape index (κ1) is 25.7. The van der Waals surface area contributed by atoms with Gasteiger partial charge in [0.1, 0.15) is 39.7 Å². The number of rotatable bonds is 6. The molecule has 0 saturated heterocycles. The molecule has 4 N–H and O–H groups in total. The van der Waals surface area contributed by atoms with Crippen molar-refractivity contribution in [3.05, 3.63) is 70.0 Å². The molecule has 3 aromatic rings. The number of nitrogens with zero attached hydrogens (tertiary/aromatic N) is 2. The Morgan fingerprint density at radius 2 is 1.79 bits per heavy atom. The van der Waals surface area contributed by atoms with Crippen LogP contribution >= 0.6 is 0 Å². The molecule has 39 heavy (non-hydrogen) atoms. The van der Waals surface area contributed by atoms with E-state index in [9.17, 15) is 29.7 Å². The number of carbonyl (C=O) groups is 3. The zero-order valence-corrected chi connectivity index (χ0v) is 21.6. The van der Waals surface area contributed by atoms with E-state index < -0.39 is 28.5 Å². The summed E-state index contributed by atoms with van der Waals surface area (Å²) in [6.45, 7) is 5.98. The highest BCUT2D eigenvalue weighted by atomic mass is 16.5. The maximum absolute atomic E-state index is 13.8. The molecular weight excluding hydrogens is 506 g/mol. The number of ketones is 3. The summed E-state index contributed by atoms with van der Waals surface area (Å²) in [6, 6.07) is 6.56. The minimum absolute atomic E-state index is 0.00553. The van der Waals surface area contributed by atoms with Crippen LogP contribution in [0.1, 0.15) is 48.1 Å². The number of hydrogen-bond donors (Lipinski definition) is 4. The number of hydrogen-bond acceptors (Lipinski definition) is 11. The average molecular weight is 532 g/mol. The van der Waals surface area contributed by atoms with Gasteiger partial charge in [-0.15, -0.1) is 10.2 Å². The summed E-state index contributed by atoms with van der Waals surface area (Å²) in [5, 5.41) is 42.3. The lowest BCUT2D eigenvalue weighted by molar-refractivity contribution is -0.123. The Morgan fingerprint density at radius 1 is 1.08 bits per heavy atom. The van der Waals surface area contributed by atoms with E-state index in [1.165, 1.54) is 26.8 Å². The summed E-state index contributed by atoms with van der Waals surface area (Å²) in [6.07, 6.45) is 1.42. The number of nitrogens with one attached hydrogen (secondary N) is 1. The van der Waals surface area contributed by atoms with Gasteiger partial charge in [0.25, 0.3) is 5.89 Å². The first-order valence-electron chi connectivity index (χ1n) is 12.1. The molecule has 11 heteroatoms. The van der Waals surface area contributed by atoms with Crippen molar-refractivity contribution in [1.29, 1.82) is 0 Å². The summed E-state index contributed by atoms with van der Waals surface area (Å²) < 4.78 is 11.4. The predicted octanol–water partition coefficient (Wildman–Crippen LogP) is 3.16. The van der Waals surface area contributed by atoms with Gasteiger partial charge in [-0.2, -0.15) is 0 Å². The fraction of sp³-hybridized carbons (Fsp3) is 0.250. The van der Waals surface area contributed by atoms with Gasteiger partial charge in [-0.05, 0) is 39.8 Å². The molecule has 2 aliphatic rings. The highest BCUT2D eigenvalue weighted by molar-refractivity contribution is 6.31. The minimum atomic E-state index is -1.59. The van der Waals surface area contributed by atoms with Crippen molar-refractivity contribution in [1.82, 2.24) is 15.5 Å². The Morgan fingerprint density at radius 3 is 2.49 bits per heavy atom. The molecule has 0 unspecified atom stereocenters. The molecule has 0 radical (unpaired) electrons. The Balaban J connectivity index is 1.43. The number of benzene rings is 2. The van der Waals surface area contributed by atoms with E-state index in [2.05, 4.69) is 15.5 Å². The predicted molar refractivity (Wildman–Crippen MR) is 136 cm³/mol. The van der Waals surface area contributed by atoms with Gasteiger partial charge < -0.3 is 29.8 Å². The van der Waals surface area contributed by atoms with Gasteiger partial charge >= 0.3 is 0 Å². The Bertz CT molecular complexity index is 1650. The van der Waals surface area contributed by atoms with Crippen molar-refractivity contribution >= 4 is 17.3 Å². The molecule has 2 aromatic carbocycles. The number of fused-ring (bicyclic) bond motifs is 3. The van der Waals surface area contributed by atoms with Crippen molar-refractivity contribution in [2.75, 3.05) is 6.54 Å². The third-order valence-corrected chi connectivity index (χ3v) is 7.09. The first-order chi connectivity index (χ1) is 18.5. The van der Waals surface area contributed by atoms with Crippen molar-refractivity contribution in [3.8, 4) is 34.5 Å². The quantitative estimate of drug-likeness (QED) is 0.209. The van der Waals surface area contributed by atoms with Crippen LogP contribution in [0.15, 0.2) is 51.8 Å². The fourth-order valence-corrected chi connectivity index (χ4v) is 4.93. The topological polar surface area (TPSA) is 172 Å². The van der Waals surface area contributed by atoms with Crippen LogP contribution in [-0.2, 0) is 21.4 Å². The number of aromatic nitrogens is 2. The molecule has 11 nitrogen and oxygen atoms in total. The van der Waals surface area contributed by atoms with Gasteiger partial charge in [0.15, 0.2) is 17.3 Å². The summed E-state index contributed by atoms with van der Waals surface area (Å²) >= 11 is 0. The molecule has 0 bridgehead atoms. The molecule has 200 valence electrons. The van der Waals surface area contributed by atoms with Crippen molar-refractivity contribution in [2.24, 2.45) is 0 Å². The summed E-state index contributed by atoms with van der Waals surface area (Å²) in [7, 11) is 0. The van der Waals surface area contributed by atoms with Crippen molar-refractivity contribution in [3.63, 3.8) is 0 Å². The van der Waals surface area contributed by atoms with Crippen LogP contribution in [0.3, 0.4) is 0 Å². The Labute approximate surface area is 222 Å². The number of para-hydroxylation sites is 1. The maximum atomic E-state index is 13.8. The molecule has 0 amide bonds. The third kappa shape index (κ3) is 3.85. The molecule has 1 atom stereocenters. The van der Waals surface area contributed by atoms with E-state index in [-0.39, 0.29) is 75.7 Å². The lowest BCUT2D eigenvalue weighted by atomic mass is 9.70. The van der Waals surface area contributed by atoms with Gasteiger partial charge in [0, 0.05) is 30.3 Å². The molecule has 0 spiro atoms.